The van der Waals surface area contributed by atoms with Crippen LogP contribution in [0.5, 0.6) is 5.75 Å². The number of phenolic OH excluding ortho intramolecular Hbond substituents is 1. The van der Waals surface area contributed by atoms with Crippen LogP contribution in [0, 0.1) is 11.3 Å². The maximum absolute atomic E-state index is 9.58. The lowest BCUT2D eigenvalue weighted by molar-refractivity contribution is 0.476. The molecule has 0 aliphatic rings. The van der Waals surface area contributed by atoms with Crippen LogP contribution in [0.3, 0.4) is 0 Å². The van der Waals surface area contributed by atoms with Crippen molar-refractivity contribution >= 4 is 22.4 Å². The molecule has 0 atom stereocenters. The minimum absolute atomic E-state index is 0.187. The highest BCUT2D eigenvalue weighted by Gasteiger charge is 2.17. The largest absolute Gasteiger partial charge is 0.508 e. The first-order valence-electron chi connectivity index (χ1n) is 7.02. The van der Waals surface area contributed by atoms with E-state index in [2.05, 4.69) is 16.4 Å². The summed E-state index contributed by atoms with van der Waals surface area (Å²) >= 11 is 0. The van der Waals surface area contributed by atoms with E-state index in [4.69, 9.17) is 9.68 Å². The van der Waals surface area contributed by atoms with Gasteiger partial charge in [0.05, 0.1) is 11.6 Å². The highest BCUT2D eigenvalue weighted by Crippen LogP contribution is 2.34. The van der Waals surface area contributed by atoms with E-state index in [1.54, 1.807) is 43.6 Å². The number of pyridine rings is 1. The first kappa shape index (κ1) is 13.2. The average molecular weight is 304 g/mol. The third kappa shape index (κ3) is 1.99. The molecule has 0 fully saturated rings. The lowest BCUT2D eigenvalue weighted by Gasteiger charge is -2.01. The number of hydrogen-bond acceptors (Lipinski definition) is 5. The van der Waals surface area contributed by atoms with E-state index >= 15 is 0 Å². The van der Waals surface area contributed by atoms with Crippen LogP contribution in [0.4, 0.5) is 5.82 Å². The molecule has 0 saturated carbocycles. The summed E-state index contributed by atoms with van der Waals surface area (Å²) in [5.74, 6) is 1.55. The van der Waals surface area contributed by atoms with Crippen LogP contribution in [0.1, 0.15) is 5.56 Å². The van der Waals surface area contributed by atoms with E-state index in [9.17, 15) is 5.11 Å². The molecule has 0 aliphatic heterocycles. The van der Waals surface area contributed by atoms with Crippen LogP contribution in [0.2, 0.25) is 0 Å². The van der Waals surface area contributed by atoms with Gasteiger partial charge in [-0.2, -0.15) is 5.26 Å². The van der Waals surface area contributed by atoms with Crippen molar-refractivity contribution in [3.05, 3.63) is 48.2 Å². The Hall–Kier alpha value is -3.46. The lowest BCUT2D eigenvalue weighted by atomic mass is 10.2. The molecule has 3 aromatic heterocycles. The number of imidazole rings is 1. The molecule has 0 amide bonds. The lowest BCUT2D eigenvalue weighted by Crippen LogP contribution is -1.95. The molecule has 3 heterocycles. The van der Waals surface area contributed by atoms with Gasteiger partial charge >= 0.3 is 0 Å². The summed E-state index contributed by atoms with van der Waals surface area (Å²) in [6, 6.07) is 12.3. The molecule has 4 aromatic rings. The predicted octanol–water partition coefficient (Wildman–Crippen LogP) is 3.37. The van der Waals surface area contributed by atoms with Gasteiger partial charge in [-0.3, -0.25) is 4.40 Å². The van der Waals surface area contributed by atoms with Gasteiger partial charge in [-0.1, -0.05) is 0 Å². The Morgan fingerprint density at radius 2 is 2.13 bits per heavy atom. The molecule has 0 saturated heterocycles. The van der Waals surface area contributed by atoms with Crippen LogP contribution in [-0.4, -0.2) is 21.5 Å². The van der Waals surface area contributed by atoms with Gasteiger partial charge in [0.15, 0.2) is 5.76 Å². The third-order valence-electron chi connectivity index (χ3n) is 3.73. The molecule has 0 spiro atoms. The Morgan fingerprint density at radius 3 is 2.91 bits per heavy atom. The van der Waals surface area contributed by atoms with Gasteiger partial charge in [-0.05, 0) is 36.4 Å². The Balaban J connectivity index is 1.97. The molecule has 0 radical (unpaired) electrons. The second-order valence-electron chi connectivity index (χ2n) is 5.15. The number of hydrogen-bond donors (Lipinski definition) is 2. The number of nitrogens with one attached hydrogen (secondary N) is 1. The zero-order valence-electron chi connectivity index (χ0n) is 12.2. The van der Waals surface area contributed by atoms with Gasteiger partial charge < -0.3 is 14.8 Å². The average Bonchev–Trinajstić information content (AvgIpc) is 3.13. The first-order chi connectivity index (χ1) is 11.2. The van der Waals surface area contributed by atoms with Crippen molar-refractivity contribution < 1.29 is 9.52 Å². The van der Waals surface area contributed by atoms with E-state index in [1.807, 2.05) is 10.5 Å². The number of furan rings is 1. The highest BCUT2D eigenvalue weighted by atomic mass is 16.3. The van der Waals surface area contributed by atoms with Crippen molar-refractivity contribution in [3.63, 3.8) is 0 Å². The van der Waals surface area contributed by atoms with Gasteiger partial charge in [0.25, 0.3) is 0 Å². The summed E-state index contributed by atoms with van der Waals surface area (Å²) in [6.45, 7) is 0. The van der Waals surface area contributed by atoms with Crippen molar-refractivity contribution in [3.8, 4) is 23.3 Å². The fourth-order valence-electron chi connectivity index (χ4n) is 2.67. The minimum Gasteiger partial charge on any atom is -0.508 e. The van der Waals surface area contributed by atoms with Crippen LogP contribution in [0.25, 0.3) is 28.1 Å². The van der Waals surface area contributed by atoms with Crippen molar-refractivity contribution in [1.29, 1.82) is 5.26 Å². The summed E-state index contributed by atoms with van der Waals surface area (Å²) < 4.78 is 7.71. The second-order valence-corrected chi connectivity index (χ2v) is 5.15. The van der Waals surface area contributed by atoms with Crippen LogP contribution >= 0.6 is 0 Å². The molecule has 1 aromatic carbocycles. The summed E-state index contributed by atoms with van der Waals surface area (Å²) in [6.07, 6.45) is 1.80. The summed E-state index contributed by atoms with van der Waals surface area (Å²) in [5.41, 5.74) is 2.53. The SMILES string of the molecule is CNc1c(-c2cc3cc(O)ccc3o2)nc2cc(C#N)ccn12. The number of aromatic nitrogens is 2. The number of nitriles is 1. The maximum atomic E-state index is 9.58. The fourth-order valence-corrected chi connectivity index (χ4v) is 2.67. The first-order valence-corrected chi connectivity index (χ1v) is 7.02. The van der Waals surface area contributed by atoms with Gasteiger partial charge in [-0.15, -0.1) is 0 Å². The Morgan fingerprint density at radius 1 is 1.26 bits per heavy atom. The number of aromatic hydroxyl groups is 1. The standard InChI is InChI=1S/C17H12N4O2/c1-19-17-16(20-15-6-10(9-18)4-5-21(15)17)14-8-11-7-12(22)2-3-13(11)23-14/h2-8,19,22H,1H3. The number of nitrogens with zero attached hydrogens (tertiary/aromatic N) is 3. The van der Waals surface area contributed by atoms with Gasteiger partial charge in [0.1, 0.15) is 28.5 Å². The smallest absolute Gasteiger partial charge is 0.157 e. The molecule has 0 bridgehead atoms. The van der Waals surface area contributed by atoms with E-state index in [-0.39, 0.29) is 5.75 Å². The molecule has 6 heteroatoms. The van der Waals surface area contributed by atoms with Crippen molar-refractivity contribution in [2.24, 2.45) is 0 Å². The number of fused-ring (bicyclic) bond motifs is 2. The molecule has 23 heavy (non-hydrogen) atoms. The maximum Gasteiger partial charge on any atom is 0.157 e. The van der Waals surface area contributed by atoms with Gasteiger partial charge in [0.2, 0.25) is 0 Å². The van der Waals surface area contributed by atoms with E-state index in [1.165, 1.54) is 0 Å². The second kappa shape index (κ2) is 4.78. The molecule has 4 rings (SSSR count). The highest BCUT2D eigenvalue weighted by molar-refractivity contribution is 5.86. The molecule has 0 unspecified atom stereocenters. The van der Waals surface area contributed by atoms with Crippen molar-refractivity contribution in [1.82, 2.24) is 9.38 Å². The van der Waals surface area contributed by atoms with Gasteiger partial charge in [-0.25, -0.2) is 4.98 Å². The zero-order valence-corrected chi connectivity index (χ0v) is 12.2. The molecule has 0 aliphatic carbocycles. The van der Waals surface area contributed by atoms with Crippen molar-refractivity contribution in [2.75, 3.05) is 12.4 Å². The van der Waals surface area contributed by atoms with E-state index < -0.39 is 0 Å². The quantitative estimate of drug-likeness (QED) is 0.593. The molecule has 112 valence electrons. The van der Waals surface area contributed by atoms with Gasteiger partial charge in [0, 0.05) is 18.6 Å². The fraction of sp³-hybridized carbons (Fsp3) is 0.0588. The van der Waals surface area contributed by atoms with Crippen LogP contribution in [-0.2, 0) is 0 Å². The molecular weight excluding hydrogens is 292 g/mol. The minimum atomic E-state index is 0.187. The normalized spacial score (nSPS) is 11.0. The predicted molar refractivity (Wildman–Crippen MR) is 86.3 cm³/mol. The van der Waals surface area contributed by atoms with E-state index in [0.717, 1.165) is 11.2 Å². The van der Waals surface area contributed by atoms with E-state index in [0.29, 0.717) is 28.2 Å². The van der Waals surface area contributed by atoms with Crippen LogP contribution < -0.4 is 5.32 Å². The Labute approximate surface area is 131 Å². The molecule has 2 N–H and O–H groups in total. The number of rotatable bonds is 2. The molecular formula is C17H12N4O2. The monoisotopic (exact) mass is 304 g/mol. The topological polar surface area (TPSA) is 86.5 Å². The summed E-state index contributed by atoms with van der Waals surface area (Å²) in [7, 11) is 1.81. The number of phenols is 1. The zero-order chi connectivity index (χ0) is 16.0. The number of benzene rings is 1. The van der Waals surface area contributed by atoms with Crippen LogP contribution in [0.15, 0.2) is 47.0 Å². The summed E-state index contributed by atoms with van der Waals surface area (Å²) in [5, 5.41) is 22.5. The Bertz CT molecular complexity index is 1090. The number of anilines is 1. The Kier molecular flexibility index (Phi) is 2.75. The molecule has 6 nitrogen and oxygen atoms in total. The van der Waals surface area contributed by atoms with Crippen molar-refractivity contribution in [2.45, 2.75) is 0 Å². The third-order valence-corrected chi connectivity index (χ3v) is 3.73. The summed E-state index contributed by atoms with van der Waals surface area (Å²) in [4.78, 5) is 4.57.